The van der Waals surface area contributed by atoms with Gasteiger partial charge in [-0.2, -0.15) is 5.10 Å². The molecule has 0 aromatic heterocycles. The third-order valence-electron chi connectivity index (χ3n) is 7.23. The van der Waals surface area contributed by atoms with Crippen LogP contribution in [0.1, 0.15) is 34.3 Å². The number of fused-ring (bicyclic) bond motifs is 1. The Bertz CT molecular complexity index is 1530. The fourth-order valence-corrected chi connectivity index (χ4v) is 5.19. The molecule has 4 aromatic rings. The van der Waals surface area contributed by atoms with Gasteiger partial charge in [-0.15, -0.1) is 0 Å². The van der Waals surface area contributed by atoms with Gasteiger partial charge in [0.2, 0.25) is 0 Å². The lowest BCUT2D eigenvalue weighted by Crippen LogP contribution is -2.43. The van der Waals surface area contributed by atoms with Crippen molar-refractivity contribution in [2.45, 2.75) is 18.4 Å². The van der Waals surface area contributed by atoms with Gasteiger partial charge < -0.3 is 14.9 Å². The Kier molecular flexibility index (Phi) is 8.57. The Labute approximate surface area is 242 Å². The number of hydrogen-bond acceptors (Lipinski definition) is 6. The number of piperidine rings is 1. The second-order valence-corrected chi connectivity index (χ2v) is 10.6. The van der Waals surface area contributed by atoms with E-state index in [1.54, 1.807) is 6.21 Å². The van der Waals surface area contributed by atoms with Crippen LogP contribution in [0.2, 0.25) is 10.0 Å². The second-order valence-electron chi connectivity index (χ2n) is 9.79. The molecule has 0 atom stereocenters. The summed E-state index contributed by atoms with van der Waals surface area (Å²) in [4.78, 5) is 14.7. The standard InChI is InChI=1S/C31H29Cl2N3O4/c32-24-9-7-23(8-10-24)31(39)13-15-36(16-14-31)17-18-40-29-12-6-22(25-3-1-2-4-26(25)29)20-34-35-30(38)21-5-11-28(37)27(33)19-21/h1-12,19-20,37,39H,13-18H2,(H,35,38). The first kappa shape index (κ1) is 27.9. The molecule has 0 saturated carbocycles. The molecule has 40 heavy (non-hydrogen) atoms. The molecule has 206 valence electrons. The summed E-state index contributed by atoms with van der Waals surface area (Å²) in [5.41, 5.74) is 3.69. The van der Waals surface area contributed by atoms with E-state index in [0.29, 0.717) is 24.5 Å². The Morgan fingerprint density at radius 2 is 1.73 bits per heavy atom. The summed E-state index contributed by atoms with van der Waals surface area (Å²) in [6.07, 6.45) is 2.89. The second kappa shape index (κ2) is 12.3. The third-order valence-corrected chi connectivity index (χ3v) is 7.78. The van der Waals surface area contributed by atoms with Crippen molar-refractivity contribution in [2.24, 2.45) is 5.10 Å². The van der Waals surface area contributed by atoms with E-state index in [1.165, 1.54) is 18.2 Å². The number of hydrogen-bond donors (Lipinski definition) is 3. The molecular formula is C31H29Cl2N3O4. The van der Waals surface area contributed by atoms with Crippen LogP contribution >= 0.6 is 23.2 Å². The van der Waals surface area contributed by atoms with Crippen LogP contribution in [0.4, 0.5) is 0 Å². The van der Waals surface area contributed by atoms with E-state index >= 15 is 0 Å². The molecule has 5 rings (SSSR count). The maximum Gasteiger partial charge on any atom is 0.271 e. The number of phenols is 1. The van der Waals surface area contributed by atoms with E-state index in [2.05, 4.69) is 15.4 Å². The van der Waals surface area contributed by atoms with Gasteiger partial charge in [-0.25, -0.2) is 5.43 Å². The van der Waals surface area contributed by atoms with Crippen molar-refractivity contribution in [3.63, 3.8) is 0 Å². The number of likely N-dealkylation sites (tertiary alicyclic amines) is 1. The number of nitrogens with zero attached hydrogens (tertiary/aromatic N) is 2. The SMILES string of the molecule is O=C(NN=Cc1ccc(OCCN2CCC(O)(c3ccc(Cl)cc3)CC2)c2ccccc12)c1ccc(O)c(Cl)c1. The van der Waals surface area contributed by atoms with Crippen LogP contribution in [0.15, 0.2) is 84.0 Å². The Hall–Kier alpha value is -3.62. The highest BCUT2D eigenvalue weighted by atomic mass is 35.5. The summed E-state index contributed by atoms with van der Waals surface area (Å²) in [6.45, 7) is 2.82. The number of halogens is 2. The van der Waals surface area contributed by atoms with Gasteiger partial charge in [0.25, 0.3) is 5.91 Å². The van der Waals surface area contributed by atoms with E-state index < -0.39 is 11.5 Å². The van der Waals surface area contributed by atoms with E-state index in [0.717, 1.165) is 47.3 Å². The van der Waals surface area contributed by atoms with Gasteiger partial charge in [0.05, 0.1) is 16.8 Å². The number of nitrogens with one attached hydrogen (secondary N) is 1. The van der Waals surface area contributed by atoms with Gasteiger partial charge >= 0.3 is 0 Å². The maximum atomic E-state index is 12.4. The molecule has 0 unspecified atom stereocenters. The first-order valence-corrected chi connectivity index (χ1v) is 13.8. The number of ether oxygens (including phenoxy) is 1. The zero-order valence-corrected chi connectivity index (χ0v) is 23.2. The minimum absolute atomic E-state index is 0.0900. The number of aliphatic hydroxyl groups is 1. The highest BCUT2D eigenvalue weighted by Crippen LogP contribution is 2.33. The summed E-state index contributed by atoms with van der Waals surface area (Å²) in [5.74, 6) is 0.240. The molecule has 0 radical (unpaired) electrons. The highest BCUT2D eigenvalue weighted by molar-refractivity contribution is 6.32. The number of benzene rings is 4. The third kappa shape index (κ3) is 6.40. The van der Waals surface area contributed by atoms with Crippen molar-refractivity contribution in [1.82, 2.24) is 10.3 Å². The largest absolute Gasteiger partial charge is 0.506 e. The number of rotatable bonds is 8. The fraction of sp³-hybridized carbons (Fsp3) is 0.226. The van der Waals surface area contributed by atoms with Gasteiger partial charge in [0.1, 0.15) is 18.1 Å². The lowest BCUT2D eigenvalue weighted by Gasteiger charge is -2.38. The summed E-state index contributed by atoms with van der Waals surface area (Å²) >= 11 is 11.9. The van der Waals surface area contributed by atoms with Gasteiger partial charge in [-0.3, -0.25) is 9.69 Å². The van der Waals surface area contributed by atoms with Crippen LogP contribution in [0.5, 0.6) is 11.5 Å². The molecule has 1 aliphatic heterocycles. The average molecular weight is 578 g/mol. The smallest absolute Gasteiger partial charge is 0.271 e. The van der Waals surface area contributed by atoms with Crippen molar-refractivity contribution >= 4 is 46.1 Å². The topological polar surface area (TPSA) is 94.4 Å². The van der Waals surface area contributed by atoms with E-state index in [1.807, 2.05) is 60.7 Å². The van der Waals surface area contributed by atoms with Crippen molar-refractivity contribution < 1.29 is 19.7 Å². The first-order chi connectivity index (χ1) is 19.3. The molecule has 1 saturated heterocycles. The summed E-state index contributed by atoms with van der Waals surface area (Å²) in [6, 6.07) is 23.3. The van der Waals surface area contributed by atoms with E-state index in [-0.39, 0.29) is 16.3 Å². The highest BCUT2D eigenvalue weighted by Gasteiger charge is 2.33. The average Bonchev–Trinajstić information content (AvgIpc) is 2.96. The number of carbonyl (C=O) groups excluding carboxylic acids is 1. The quantitative estimate of drug-likeness (QED) is 0.177. The number of aromatic hydroxyl groups is 1. The maximum absolute atomic E-state index is 12.4. The molecule has 0 spiro atoms. The van der Waals surface area contributed by atoms with Crippen LogP contribution < -0.4 is 10.2 Å². The number of amides is 1. The van der Waals surface area contributed by atoms with Crippen molar-refractivity contribution in [2.75, 3.05) is 26.2 Å². The zero-order valence-electron chi connectivity index (χ0n) is 21.7. The lowest BCUT2D eigenvalue weighted by molar-refractivity contribution is -0.0277. The minimum Gasteiger partial charge on any atom is -0.506 e. The Morgan fingerprint density at radius 3 is 2.45 bits per heavy atom. The monoisotopic (exact) mass is 577 g/mol. The van der Waals surface area contributed by atoms with Crippen molar-refractivity contribution in [3.05, 3.63) is 106 Å². The molecule has 4 aromatic carbocycles. The van der Waals surface area contributed by atoms with Gasteiger partial charge in [0, 0.05) is 41.2 Å². The normalized spacial score (nSPS) is 15.4. The molecule has 1 amide bonds. The molecule has 1 fully saturated rings. The lowest BCUT2D eigenvalue weighted by atomic mass is 9.84. The Morgan fingerprint density at radius 1 is 1.00 bits per heavy atom. The first-order valence-electron chi connectivity index (χ1n) is 13.0. The van der Waals surface area contributed by atoms with E-state index in [4.69, 9.17) is 27.9 Å². The van der Waals surface area contributed by atoms with Crippen LogP contribution in [-0.2, 0) is 5.60 Å². The van der Waals surface area contributed by atoms with Crippen LogP contribution in [0.25, 0.3) is 10.8 Å². The molecule has 7 nitrogen and oxygen atoms in total. The molecule has 0 aliphatic carbocycles. The predicted molar refractivity (Wildman–Crippen MR) is 159 cm³/mol. The van der Waals surface area contributed by atoms with E-state index in [9.17, 15) is 15.0 Å². The molecule has 0 bridgehead atoms. The molecule has 1 heterocycles. The van der Waals surface area contributed by atoms with Crippen LogP contribution in [0.3, 0.4) is 0 Å². The molecule has 3 N–H and O–H groups in total. The minimum atomic E-state index is -0.827. The summed E-state index contributed by atoms with van der Waals surface area (Å²) < 4.78 is 6.18. The van der Waals surface area contributed by atoms with Gasteiger partial charge in [-0.05, 0) is 66.3 Å². The molecule has 9 heteroatoms. The summed E-state index contributed by atoms with van der Waals surface area (Å²) in [7, 11) is 0. The number of hydrazone groups is 1. The number of phenolic OH excluding ortho intramolecular Hbond substituents is 1. The van der Waals surface area contributed by atoms with Crippen LogP contribution in [0, 0.1) is 0 Å². The van der Waals surface area contributed by atoms with Crippen molar-refractivity contribution in [1.29, 1.82) is 0 Å². The van der Waals surface area contributed by atoms with Gasteiger partial charge in [0.15, 0.2) is 0 Å². The molecule has 1 aliphatic rings. The summed E-state index contributed by atoms with van der Waals surface area (Å²) in [5, 5.41) is 27.4. The predicted octanol–water partition coefficient (Wildman–Crippen LogP) is 5.98. The fourth-order valence-electron chi connectivity index (χ4n) is 4.89. The Balaban J connectivity index is 1.18. The van der Waals surface area contributed by atoms with Crippen molar-refractivity contribution in [3.8, 4) is 11.5 Å². The van der Waals surface area contributed by atoms with Crippen LogP contribution in [-0.4, -0.2) is 53.5 Å². The van der Waals surface area contributed by atoms with Gasteiger partial charge in [-0.1, -0.05) is 59.6 Å². The molecular weight excluding hydrogens is 549 g/mol. The zero-order chi connectivity index (χ0) is 28.1. The number of carbonyl (C=O) groups is 1.